The molecule has 0 spiro atoms. The normalized spacial score (nSPS) is 11.5. The van der Waals surface area contributed by atoms with Crippen LogP contribution in [0.25, 0.3) is 27.3 Å². The Morgan fingerprint density at radius 2 is 2.00 bits per heavy atom. The zero-order chi connectivity index (χ0) is 14.9. The first kappa shape index (κ1) is 13.4. The molecule has 1 aromatic carbocycles. The summed E-state index contributed by atoms with van der Waals surface area (Å²) >= 11 is 1.66. The van der Waals surface area contributed by atoms with Crippen LogP contribution in [-0.2, 0) is 6.42 Å². The number of hydrogen-bond acceptors (Lipinski definition) is 4. The van der Waals surface area contributed by atoms with Gasteiger partial charge in [0.2, 0.25) is 0 Å². The highest BCUT2D eigenvalue weighted by atomic mass is 32.1. The van der Waals surface area contributed by atoms with Crippen LogP contribution in [0.1, 0.15) is 25.6 Å². The first-order valence-corrected chi connectivity index (χ1v) is 8.43. The number of para-hydroxylation sites is 1. The summed E-state index contributed by atoms with van der Waals surface area (Å²) in [7, 11) is 0. The molecule has 0 aliphatic carbocycles. The lowest BCUT2D eigenvalue weighted by molar-refractivity contribution is 0.720. The molecular weight excluding hydrogens is 292 g/mol. The number of thiophene rings is 1. The van der Waals surface area contributed by atoms with E-state index in [9.17, 15) is 0 Å². The quantitative estimate of drug-likeness (QED) is 0.563. The van der Waals surface area contributed by atoms with Gasteiger partial charge in [-0.3, -0.25) is 0 Å². The highest BCUT2D eigenvalue weighted by Gasteiger charge is 2.14. The minimum Gasteiger partial charge on any atom is -0.233 e. The van der Waals surface area contributed by atoms with Gasteiger partial charge >= 0.3 is 0 Å². The van der Waals surface area contributed by atoms with Crippen molar-refractivity contribution in [2.75, 3.05) is 0 Å². The van der Waals surface area contributed by atoms with Crippen LogP contribution in [0.5, 0.6) is 0 Å². The summed E-state index contributed by atoms with van der Waals surface area (Å²) in [5.74, 6) is 1.77. The number of aryl methyl sites for hydroxylation is 1. The molecule has 5 heteroatoms. The lowest BCUT2D eigenvalue weighted by Crippen LogP contribution is -2.03. The minimum atomic E-state index is 0.783. The molecule has 0 saturated carbocycles. The maximum atomic E-state index is 4.80. The Morgan fingerprint density at radius 1 is 1.09 bits per heavy atom. The second kappa shape index (κ2) is 5.50. The van der Waals surface area contributed by atoms with Crippen molar-refractivity contribution in [1.29, 1.82) is 0 Å². The molecule has 3 heterocycles. The van der Waals surface area contributed by atoms with E-state index in [4.69, 9.17) is 15.1 Å². The van der Waals surface area contributed by atoms with E-state index in [0.29, 0.717) is 0 Å². The minimum absolute atomic E-state index is 0.783. The molecule has 0 bridgehead atoms. The summed E-state index contributed by atoms with van der Waals surface area (Å²) in [6, 6.07) is 12.2. The monoisotopic (exact) mass is 308 g/mol. The van der Waals surface area contributed by atoms with E-state index < -0.39 is 0 Å². The van der Waals surface area contributed by atoms with Gasteiger partial charge in [-0.15, -0.1) is 16.4 Å². The van der Waals surface area contributed by atoms with Gasteiger partial charge in [-0.25, -0.2) is 9.97 Å². The van der Waals surface area contributed by atoms with Gasteiger partial charge in [-0.1, -0.05) is 31.5 Å². The number of fused-ring (bicyclic) bond motifs is 3. The molecule has 22 heavy (non-hydrogen) atoms. The van der Waals surface area contributed by atoms with Crippen molar-refractivity contribution in [3.05, 3.63) is 47.6 Å². The van der Waals surface area contributed by atoms with Crippen molar-refractivity contribution in [1.82, 2.24) is 19.6 Å². The molecule has 0 saturated heterocycles. The molecular formula is C17H16N4S. The molecule has 4 nitrogen and oxygen atoms in total. The fourth-order valence-electron chi connectivity index (χ4n) is 2.62. The highest BCUT2D eigenvalue weighted by Crippen LogP contribution is 2.25. The molecule has 4 aromatic rings. The van der Waals surface area contributed by atoms with E-state index >= 15 is 0 Å². The van der Waals surface area contributed by atoms with E-state index in [2.05, 4.69) is 24.4 Å². The van der Waals surface area contributed by atoms with E-state index in [1.165, 1.54) is 0 Å². The topological polar surface area (TPSA) is 43.1 Å². The van der Waals surface area contributed by atoms with Crippen molar-refractivity contribution >= 4 is 27.9 Å². The smallest absolute Gasteiger partial charge is 0.192 e. The number of hydrogen-bond donors (Lipinski definition) is 0. The standard InChI is InChI=1S/C17H16N4S/c1-2-3-10-15-18-13-8-5-4-7-12(13)17-19-16(20-21(15)17)14-9-6-11-22-14/h4-9,11H,2-3,10H2,1H3. The SMILES string of the molecule is CCCCc1nc2ccccc2c2nc(-c3cccs3)nn12. The average molecular weight is 308 g/mol. The van der Waals surface area contributed by atoms with Crippen molar-refractivity contribution in [2.45, 2.75) is 26.2 Å². The summed E-state index contributed by atoms with van der Waals surface area (Å²) < 4.78 is 1.92. The van der Waals surface area contributed by atoms with Gasteiger partial charge in [-0.2, -0.15) is 4.52 Å². The van der Waals surface area contributed by atoms with Gasteiger partial charge in [0.25, 0.3) is 0 Å². The van der Waals surface area contributed by atoms with Crippen molar-refractivity contribution < 1.29 is 0 Å². The number of nitrogens with zero attached hydrogens (tertiary/aromatic N) is 4. The molecule has 0 radical (unpaired) electrons. The summed E-state index contributed by atoms with van der Waals surface area (Å²) in [4.78, 5) is 10.7. The molecule has 3 aromatic heterocycles. The summed E-state index contributed by atoms with van der Waals surface area (Å²) in [5, 5.41) is 7.82. The fraction of sp³-hybridized carbons (Fsp3) is 0.235. The average Bonchev–Trinajstić information content (AvgIpc) is 3.21. The third-order valence-corrected chi connectivity index (χ3v) is 4.61. The van der Waals surface area contributed by atoms with Crippen molar-refractivity contribution in [3.8, 4) is 10.7 Å². The number of aromatic nitrogens is 4. The lowest BCUT2D eigenvalue weighted by atomic mass is 10.2. The Hall–Kier alpha value is -2.27. The van der Waals surface area contributed by atoms with E-state index in [1.54, 1.807) is 11.3 Å². The second-order valence-electron chi connectivity index (χ2n) is 5.30. The molecule has 0 amide bonds. The number of benzene rings is 1. The van der Waals surface area contributed by atoms with Gasteiger partial charge in [0.1, 0.15) is 5.82 Å². The third kappa shape index (κ3) is 2.18. The molecule has 0 atom stereocenters. The van der Waals surface area contributed by atoms with Crippen LogP contribution >= 0.6 is 11.3 Å². The molecule has 0 unspecified atom stereocenters. The Morgan fingerprint density at radius 3 is 2.82 bits per heavy atom. The summed E-state index contributed by atoms with van der Waals surface area (Å²) in [5.41, 5.74) is 1.89. The van der Waals surface area contributed by atoms with Gasteiger partial charge in [0, 0.05) is 11.8 Å². The van der Waals surface area contributed by atoms with Crippen LogP contribution in [0.3, 0.4) is 0 Å². The maximum absolute atomic E-state index is 4.80. The van der Waals surface area contributed by atoms with Crippen LogP contribution in [0.2, 0.25) is 0 Å². The molecule has 0 fully saturated rings. The van der Waals surface area contributed by atoms with Crippen LogP contribution in [0.4, 0.5) is 0 Å². The first-order chi connectivity index (χ1) is 10.9. The van der Waals surface area contributed by atoms with Gasteiger partial charge in [-0.05, 0) is 30.0 Å². The van der Waals surface area contributed by atoms with E-state index in [0.717, 1.165) is 52.3 Å². The maximum Gasteiger partial charge on any atom is 0.192 e. The first-order valence-electron chi connectivity index (χ1n) is 7.55. The number of rotatable bonds is 4. The molecule has 0 aliphatic heterocycles. The van der Waals surface area contributed by atoms with Gasteiger partial charge in [0.15, 0.2) is 11.5 Å². The lowest BCUT2D eigenvalue weighted by Gasteiger charge is -2.05. The summed E-state index contributed by atoms with van der Waals surface area (Å²) in [6.45, 7) is 2.19. The zero-order valence-corrected chi connectivity index (χ0v) is 13.2. The Kier molecular flexibility index (Phi) is 3.35. The van der Waals surface area contributed by atoms with Gasteiger partial charge in [0.05, 0.1) is 10.4 Å². The summed E-state index contributed by atoms with van der Waals surface area (Å²) in [6.07, 6.45) is 3.17. The van der Waals surface area contributed by atoms with E-state index in [1.807, 2.05) is 28.8 Å². The highest BCUT2D eigenvalue weighted by molar-refractivity contribution is 7.13. The Labute approximate surface area is 132 Å². The third-order valence-electron chi connectivity index (χ3n) is 3.74. The molecule has 0 aliphatic rings. The predicted molar refractivity (Wildman–Crippen MR) is 90.2 cm³/mol. The largest absolute Gasteiger partial charge is 0.233 e. The van der Waals surface area contributed by atoms with Crippen molar-refractivity contribution in [3.63, 3.8) is 0 Å². The Bertz CT molecular complexity index is 925. The molecule has 110 valence electrons. The van der Waals surface area contributed by atoms with Crippen molar-refractivity contribution in [2.24, 2.45) is 0 Å². The van der Waals surface area contributed by atoms with Crippen LogP contribution in [0.15, 0.2) is 41.8 Å². The zero-order valence-electron chi connectivity index (χ0n) is 12.4. The van der Waals surface area contributed by atoms with Gasteiger partial charge < -0.3 is 0 Å². The van der Waals surface area contributed by atoms with Crippen LogP contribution in [0, 0.1) is 0 Å². The fourth-order valence-corrected chi connectivity index (χ4v) is 3.27. The van der Waals surface area contributed by atoms with Crippen LogP contribution in [-0.4, -0.2) is 19.6 Å². The van der Waals surface area contributed by atoms with E-state index in [-0.39, 0.29) is 0 Å². The molecule has 4 rings (SSSR count). The van der Waals surface area contributed by atoms with Crippen LogP contribution < -0.4 is 0 Å². The second-order valence-corrected chi connectivity index (χ2v) is 6.24. The number of unbranched alkanes of at least 4 members (excludes halogenated alkanes) is 1. The molecule has 0 N–H and O–H groups in total. The Balaban J connectivity index is 1.99. The predicted octanol–water partition coefficient (Wildman–Crippen LogP) is 4.35.